The Bertz CT molecular complexity index is 1320. The predicted octanol–water partition coefficient (Wildman–Crippen LogP) is 11.7. The van der Waals surface area contributed by atoms with Gasteiger partial charge in [0.1, 0.15) is 19.8 Å². The smallest absolute Gasteiger partial charge is 0.462 e. The summed E-state index contributed by atoms with van der Waals surface area (Å²) in [5.41, 5.74) is 0. The first kappa shape index (κ1) is 59.4. The molecule has 1 unspecified atom stereocenters. The third-order valence-electron chi connectivity index (χ3n) is 9.90. The number of likely N-dealkylation sites (N-methyl/N-ethyl adjacent to an activating group) is 1. The third kappa shape index (κ3) is 44.0. The number of esters is 2. The summed E-state index contributed by atoms with van der Waals surface area (Å²) in [4.78, 5) is 35.5. The van der Waals surface area contributed by atoms with Gasteiger partial charge in [-0.05, 0) is 70.6 Å². The fourth-order valence-electron chi connectivity index (χ4n) is 6.06. The Morgan fingerprint density at radius 2 is 1.11 bits per heavy atom. The maximum absolute atomic E-state index is 12.7. The van der Waals surface area contributed by atoms with Gasteiger partial charge < -0.3 is 29.1 Å². The molecule has 0 aromatic heterocycles. The molecule has 0 spiro atoms. The van der Waals surface area contributed by atoms with Crippen molar-refractivity contribution in [2.45, 2.75) is 186 Å². The molecule has 4 atom stereocenters. The molecule has 12 heteroatoms. The fraction of sp³-hybridized carbons (Fsp3) is 0.720. The van der Waals surface area contributed by atoms with Crippen molar-refractivity contribution in [3.05, 3.63) is 72.9 Å². The standard InChI is InChI=1S/C50H88NO10P/c1-6-8-10-12-14-15-16-17-18-19-20-21-22-23-24-25-26-28-34-40-49(54)58-44-48(45-60-62(56,57)59-43-42-51(3,4)5)61-50(55)41-35-39-47(53)38-33-30-29-32-37-46(52)36-31-27-13-11-9-7-2/h14-15,17-18,27,29-33,37-38,46-48,52-53H,6-13,16,19-26,28,34-36,39-45H2,1-5H3/p+1/b15-14-,18-17-,30-29+,31-27-,37-32+,38-33-/t46-,47-,48+/m0/s1. The molecule has 0 aliphatic heterocycles. The van der Waals surface area contributed by atoms with E-state index in [1.54, 1.807) is 36.5 Å². The number of phosphoric ester groups is 1. The monoisotopic (exact) mass is 895 g/mol. The van der Waals surface area contributed by atoms with Gasteiger partial charge in [0.05, 0.1) is 40.0 Å². The second-order valence-corrected chi connectivity index (χ2v) is 18.6. The number of quaternary nitrogens is 1. The molecular formula is C50H89NO10P+. The molecule has 0 aliphatic carbocycles. The van der Waals surface area contributed by atoms with E-state index in [1.165, 1.54) is 77.0 Å². The maximum Gasteiger partial charge on any atom is 0.472 e. The summed E-state index contributed by atoms with van der Waals surface area (Å²) in [7, 11) is 1.31. The highest BCUT2D eigenvalue weighted by Gasteiger charge is 2.27. The second-order valence-electron chi connectivity index (χ2n) is 17.2. The Morgan fingerprint density at radius 1 is 0.597 bits per heavy atom. The highest BCUT2D eigenvalue weighted by atomic mass is 31.2. The number of unbranched alkanes of at least 4 members (excludes halogenated alkanes) is 15. The first-order chi connectivity index (χ1) is 29.8. The topological polar surface area (TPSA) is 149 Å². The van der Waals surface area contributed by atoms with Gasteiger partial charge in [0.25, 0.3) is 0 Å². The lowest BCUT2D eigenvalue weighted by Gasteiger charge is -2.24. The van der Waals surface area contributed by atoms with E-state index in [9.17, 15) is 29.3 Å². The number of aliphatic hydroxyl groups excluding tert-OH is 2. The van der Waals surface area contributed by atoms with Crippen molar-refractivity contribution < 1.29 is 52.3 Å². The highest BCUT2D eigenvalue weighted by molar-refractivity contribution is 7.47. The highest BCUT2D eigenvalue weighted by Crippen LogP contribution is 2.43. The van der Waals surface area contributed by atoms with E-state index in [0.29, 0.717) is 36.7 Å². The zero-order valence-corrected chi connectivity index (χ0v) is 40.4. The zero-order valence-electron chi connectivity index (χ0n) is 39.6. The summed E-state index contributed by atoms with van der Waals surface area (Å²) < 4.78 is 34.1. The quantitative estimate of drug-likeness (QED) is 0.0135. The van der Waals surface area contributed by atoms with E-state index in [-0.39, 0.29) is 26.1 Å². The lowest BCUT2D eigenvalue weighted by atomic mass is 10.1. The number of allylic oxidation sites excluding steroid dienone is 9. The van der Waals surface area contributed by atoms with Gasteiger partial charge in [-0.15, -0.1) is 0 Å². The zero-order chi connectivity index (χ0) is 46.0. The molecule has 3 N–H and O–H groups in total. The number of nitrogens with zero attached hydrogens (tertiary/aromatic N) is 1. The Morgan fingerprint density at radius 3 is 1.69 bits per heavy atom. The Hall–Kier alpha value is -2.63. The maximum atomic E-state index is 12.7. The molecule has 0 amide bonds. The van der Waals surface area contributed by atoms with Crippen LogP contribution in [0.25, 0.3) is 0 Å². The van der Waals surface area contributed by atoms with Crippen molar-refractivity contribution in [3.63, 3.8) is 0 Å². The van der Waals surface area contributed by atoms with Crippen molar-refractivity contribution >= 4 is 19.8 Å². The molecule has 0 radical (unpaired) electrons. The Balaban J connectivity index is 4.56. The first-order valence-corrected chi connectivity index (χ1v) is 25.4. The van der Waals surface area contributed by atoms with Gasteiger partial charge in [0, 0.05) is 12.8 Å². The van der Waals surface area contributed by atoms with Crippen LogP contribution < -0.4 is 0 Å². The molecule has 0 heterocycles. The van der Waals surface area contributed by atoms with E-state index >= 15 is 0 Å². The SMILES string of the molecule is CCCCC/C=C\C/C=C\CCCCCCCCCCCC(=O)OC[C@H](COP(=O)(O)OCC[N+](C)(C)C)OC(=O)CCC[C@@H](O)\C=C/C=C/C=C/[C@@H](O)C/C=C\CCCCC. The summed E-state index contributed by atoms with van der Waals surface area (Å²) in [5.74, 6) is -1.05. The van der Waals surface area contributed by atoms with Crippen LogP contribution in [0.15, 0.2) is 72.9 Å². The third-order valence-corrected chi connectivity index (χ3v) is 10.9. The van der Waals surface area contributed by atoms with E-state index in [2.05, 4.69) is 44.2 Å². The lowest BCUT2D eigenvalue weighted by molar-refractivity contribution is -0.870. The minimum absolute atomic E-state index is 0.0180. The van der Waals surface area contributed by atoms with Crippen LogP contribution in [0.2, 0.25) is 0 Å². The molecule has 0 aromatic rings. The van der Waals surface area contributed by atoms with Crippen molar-refractivity contribution in [3.8, 4) is 0 Å². The minimum Gasteiger partial charge on any atom is -0.462 e. The van der Waals surface area contributed by atoms with Crippen LogP contribution in [0, 0.1) is 0 Å². The van der Waals surface area contributed by atoms with Crippen LogP contribution in [-0.4, -0.2) is 97.3 Å². The van der Waals surface area contributed by atoms with E-state index in [4.69, 9.17) is 18.5 Å². The summed E-state index contributed by atoms with van der Waals surface area (Å²) in [6, 6.07) is 0. The second kappa shape index (κ2) is 41.1. The molecule has 0 bridgehead atoms. The van der Waals surface area contributed by atoms with E-state index < -0.39 is 44.7 Å². The number of rotatable bonds is 42. The van der Waals surface area contributed by atoms with Crippen molar-refractivity contribution in [2.75, 3.05) is 47.5 Å². The number of aliphatic hydroxyl groups is 2. The van der Waals surface area contributed by atoms with Crippen molar-refractivity contribution in [1.29, 1.82) is 0 Å². The molecule has 0 rings (SSSR count). The average molecular weight is 895 g/mol. The molecule has 0 fully saturated rings. The largest absolute Gasteiger partial charge is 0.472 e. The number of ether oxygens (including phenoxy) is 2. The van der Waals surface area contributed by atoms with Crippen LogP contribution in [0.4, 0.5) is 0 Å². The molecular weight excluding hydrogens is 806 g/mol. The van der Waals surface area contributed by atoms with Gasteiger partial charge in [-0.25, -0.2) is 4.57 Å². The van der Waals surface area contributed by atoms with Gasteiger partial charge in [0.15, 0.2) is 6.10 Å². The van der Waals surface area contributed by atoms with Crippen molar-refractivity contribution in [1.82, 2.24) is 0 Å². The molecule has 0 saturated heterocycles. The Kier molecular flexibility index (Phi) is 39.4. The minimum atomic E-state index is -4.45. The van der Waals surface area contributed by atoms with Gasteiger partial charge in [0.2, 0.25) is 0 Å². The lowest BCUT2D eigenvalue weighted by Crippen LogP contribution is -2.37. The predicted molar refractivity (Wildman–Crippen MR) is 254 cm³/mol. The average Bonchev–Trinajstić information content (AvgIpc) is 3.21. The molecule has 62 heavy (non-hydrogen) atoms. The van der Waals surface area contributed by atoms with Crippen molar-refractivity contribution in [2.24, 2.45) is 0 Å². The van der Waals surface area contributed by atoms with Gasteiger partial charge in [-0.3, -0.25) is 18.6 Å². The first-order valence-electron chi connectivity index (χ1n) is 23.9. The molecule has 0 aliphatic rings. The summed E-state index contributed by atoms with van der Waals surface area (Å²) in [6.07, 6.45) is 44.3. The summed E-state index contributed by atoms with van der Waals surface area (Å²) in [6.45, 7) is 4.04. The number of carbonyl (C=O) groups excluding carboxylic acids is 2. The molecule has 11 nitrogen and oxygen atoms in total. The van der Waals surface area contributed by atoms with E-state index in [1.807, 2.05) is 27.2 Å². The summed E-state index contributed by atoms with van der Waals surface area (Å²) >= 11 is 0. The number of hydrogen-bond acceptors (Lipinski definition) is 9. The Labute approximate surface area is 377 Å². The normalized spacial score (nSPS) is 15.2. The van der Waals surface area contributed by atoms with E-state index in [0.717, 1.165) is 38.5 Å². The van der Waals surface area contributed by atoms with Crippen LogP contribution in [0.5, 0.6) is 0 Å². The molecule has 0 saturated carbocycles. The molecule has 0 aromatic carbocycles. The van der Waals surface area contributed by atoms with Gasteiger partial charge in [-0.1, -0.05) is 157 Å². The fourth-order valence-corrected chi connectivity index (χ4v) is 6.80. The van der Waals surface area contributed by atoms with Crippen LogP contribution in [0.1, 0.15) is 168 Å². The summed E-state index contributed by atoms with van der Waals surface area (Å²) in [5, 5.41) is 20.4. The van der Waals surface area contributed by atoms with Gasteiger partial charge in [-0.2, -0.15) is 0 Å². The van der Waals surface area contributed by atoms with Gasteiger partial charge >= 0.3 is 19.8 Å². The number of phosphoric acid groups is 1. The molecule has 358 valence electrons. The number of hydrogen-bond donors (Lipinski definition) is 3. The number of carbonyl (C=O) groups is 2. The van der Waals surface area contributed by atoms with Crippen LogP contribution >= 0.6 is 7.82 Å². The van der Waals surface area contributed by atoms with Crippen LogP contribution in [0.3, 0.4) is 0 Å². The van der Waals surface area contributed by atoms with Crippen LogP contribution in [-0.2, 0) is 32.7 Å².